The highest BCUT2D eigenvalue weighted by Gasteiger charge is 2.03. The maximum absolute atomic E-state index is 13.0. The van der Waals surface area contributed by atoms with Gasteiger partial charge in [-0.1, -0.05) is 6.07 Å². The van der Waals surface area contributed by atoms with E-state index in [1.165, 1.54) is 12.1 Å². The molecule has 0 heterocycles. The fourth-order valence-corrected chi connectivity index (χ4v) is 1.81. The lowest BCUT2D eigenvalue weighted by molar-refractivity contribution is 0.303. The number of ether oxygens (including phenoxy) is 1. The van der Waals surface area contributed by atoms with E-state index >= 15 is 0 Å². The van der Waals surface area contributed by atoms with E-state index < -0.39 is 0 Å². The van der Waals surface area contributed by atoms with Gasteiger partial charge in [0.1, 0.15) is 18.2 Å². The molecule has 2 aromatic rings. The fraction of sp³-hybridized carbons (Fsp3) is 0.200. The quantitative estimate of drug-likeness (QED) is 0.838. The molecule has 0 fully saturated rings. The number of benzene rings is 2. The van der Waals surface area contributed by atoms with Gasteiger partial charge >= 0.3 is 0 Å². The van der Waals surface area contributed by atoms with Gasteiger partial charge in [0.25, 0.3) is 0 Å². The van der Waals surface area contributed by atoms with Crippen LogP contribution in [-0.4, -0.2) is 0 Å². The van der Waals surface area contributed by atoms with Crippen molar-refractivity contribution >= 4 is 5.69 Å². The minimum absolute atomic E-state index is 0.222. The highest BCUT2D eigenvalue weighted by atomic mass is 19.1. The summed E-state index contributed by atoms with van der Waals surface area (Å²) in [6, 6.07) is 10.2. The predicted molar refractivity (Wildman–Crippen MR) is 71.1 cm³/mol. The molecule has 0 atom stereocenters. The first-order valence-corrected chi connectivity index (χ1v) is 5.80. The Hall–Kier alpha value is -2.03. The molecule has 0 aliphatic rings. The summed E-state index contributed by atoms with van der Waals surface area (Å²) in [5.41, 5.74) is 9.26. The van der Waals surface area contributed by atoms with Crippen LogP contribution in [0.4, 0.5) is 10.1 Å². The third kappa shape index (κ3) is 2.80. The van der Waals surface area contributed by atoms with Crippen LogP contribution in [-0.2, 0) is 6.61 Å². The van der Waals surface area contributed by atoms with Crippen molar-refractivity contribution in [3.8, 4) is 5.75 Å². The van der Waals surface area contributed by atoms with Crippen LogP contribution >= 0.6 is 0 Å². The van der Waals surface area contributed by atoms with Crippen LogP contribution < -0.4 is 10.5 Å². The van der Waals surface area contributed by atoms with Gasteiger partial charge in [0.2, 0.25) is 0 Å². The molecular weight excluding hydrogens is 229 g/mol. The van der Waals surface area contributed by atoms with Gasteiger partial charge in [0.05, 0.1) is 0 Å². The third-order valence-corrected chi connectivity index (χ3v) is 2.89. The number of aryl methyl sites for hydroxylation is 2. The maximum atomic E-state index is 13.0. The molecule has 94 valence electrons. The molecule has 0 spiro atoms. The Morgan fingerprint density at radius 3 is 2.50 bits per heavy atom. The monoisotopic (exact) mass is 245 g/mol. The van der Waals surface area contributed by atoms with Gasteiger partial charge in [0.15, 0.2) is 0 Å². The number of halogens is 1. The smallest absolute Gasteiger partial charge is 0.123 e. The van der Waals surface area contributed by atoms with Crippen molar-refractivity contribution in [3.63, 3.8) is 0 Å². The van der Waals surface area contributed by atoms with Crippen LogP contribution in [0.25, 0.3) is 0 Å². The normalized spacial score (nSPS) is 10.4. The molecule has 2 nitrogen and oxygen atoms in total. The molecule has 0 saturated heterocycles. The standard InChI is InChI=1S/C15H16FNO/c1-10-7-13(16)4-3-12(10)9-18-15-6-5-14(17)8-11(15)2/h3-8H,9,17H2,1-2H3. The lowest BCUT2D eigenvalue weighted by Crippen LogP contribution is -2.00. The summed E-state index contributed by atoms with van der Waals surface area (Å²) < 4.78 is 18.7. The zero-order valence-electron chi connectivity index (χ0n) is 10.5. The first kappa shape index (κ1) is 12.4. The number of nitrogens with two attached hydrogens (primary N) is 1. The second-order valence-electron chi connectivity index (χ2n) is 4.38. The summed E-state index contributed by atoms with van der Waals surface area (Å²) in [5, 5.41) is 0. The molecule has 0 amide bonds. The molecule has 2 aromatic carbocycles. The first-order chi connectivity index (χ1) is 8.56. The van der Waals surface area contributed by atoms with E-state index in [1.54, 1.807) is 12.1 Å². The van der Waals surface area contributed by atoms with Crippen LogP contribution in [0.5, 0.6) is 5.75 Å². The molecule has 0 unspecified atom stereocenters. The van der Waals surface area contributed by atoms with Crippen molar-refractivity contribution in [1.82, 2.24) is 0 Å². The summed E-state index contributed by atoms with van der Waals surface area (Å²) in [6.45, 7) is 4.25. The molecule has 0 radical (unpaired) electrons. The van der Waals surface area contributed by atoms with E-state index in [2.05, 4.69) is 0 Å². The van der Waals surface area contributed by atoms with Gasteiger partial charge in [-0.25, -0.2) is 4.39 Å². The van der Waals surface area contributed by atoms with Crippen molar-refractivity contribution in [2.45, 2.75) is 20.5 Å². The minimum Gasteiger partial charge on any atom is -0.489 e. The maximum Gasteiger partial charge on any atom is 0.123 e. The minimum atomic E-state index is -0.222. The van der Waals surface area contributed by atoms with Crippen molar-refractivity contribution in [2.24, 2.45) is 0 Å². The highest BCUT2D eigenvalue weighted by Crippen LogP contribution is 2.22. The Morgan fingerprint density at radius 1 is 1.06 bits per heavy atom. The summed E-state index contributed by atoms with van der Waals surface area (Å²) in [5.74, 6) is 0.577. The molecule has 0 bridgehead atoms. The van der Waals surface area contributed by atoms with Gasteiger partial charge in [-0.05, 0) is 60.9 Å². The van der Waals surface area contributed by atoms with E-state index in [9.17, 15) is 4.39 Å². The van der Waals surface area contributed by atoms with Crippen LogP contribution in [0.3, 0.4) is 0 Å². The van der Waals surface area contributed by atoms with Crippen LogP contribution in [0.1, 0.15) is 16.7 Å². The SMILES string of the molecule is Cc1cc(F)ccc1COc1ccc(N)cc1C. The highest BCUT2D eigenvalue weighted by molar-refractivity contribution is 5.47. The van der Waals surface area contributed by atoms with Gasteiger partial charge in [-0.15, -0.1) is 0 Å². The molecule has 0 aliphatic carbocycles. The molecule has 2 rings (SSSR count). The number of anilines is 1. The van der Waals surface area contributed by atoms with Gasteiger partial charge < -0.3 is 10.5 Å². The molecular formula is C15H16FNO. The van der Waals surface area contributed by atoms with Crippen molar-refractivity contribution in [1.29, 1.82) is 0 Å². The van der Waals surface area contributed by atoms with Gasteiger partial charge in [-0.2, -0.15) is 0 Å². The Labute approximate surface area is 106 Å². The predicted octanol–water partition coefficient (Wildman–Crippen LogP) is 3.60. The number of rotatable bonds is 3. The van der Waals surface area contributed by atoms with E-state index in [0.717, 1.165) is 28.1 Å². The second-order valence-corrected chi connectivity index (χ2v) is 4.38. The average molecular weight is 245 g/mol. The summed E-state index contributed by atoms with van der Waals surface area (Å²) in [6.07, 6.45) is 0. The summed E-state index contributed by atoms with van der Waals surface area (Å²) in [4.78, 5) is 0. The molecule has 2 N–H and O–H groups in total. The zero-order valence-corrected chi connectivity index (χ0v) is 10.5. The average Bonchev–Trinajstić information content (AvgIpc) is 2.30. The van der Waals surface area contributed by atoms with Crippen molar-refractivity contribution < 1.29 is 9.13 Å². The van der Waals surface area contributed by atoms with E-state index in [-0.39, 0.29) is 5.82 Å². The number of hydrogen-bond acceptors (Lipinski definition) is 2. The van der Waals surface area contributed by atoms with E-state index in [1.807, 2.05) is 26.0 Å². The molecule has 0 aromatic heterocycles. The van der Waals surface area contributed by atoms with E-state index in [0.29, 0.717) is 6.61 Å². The van der Waals surface area contributed by atoms with Crippen LogP contribution in [0.2, 0.25) is 0 Å². The van der Waals surface area contributed by atoms with Crippen LogP contribution in [0.15, 0.2) is 36.4 Å². The third-order valence-electron chi connectivity index (χ3n) is 2.89. The Balaban J connectivity index is 2.11. The Kier molecular flexibility index (Phi) is 3.51. The van der Waals surface area contributed by atoms with Gasteiger partial charge in [-0.3, -0.25) is 0 Å². The molecule has 3 heteroatoms. The molecule has 18 heavy (non-hydrogen) atoms. The largest absolute Gasteiger partial charge is 0.489 e. The van der Waals surface area contributed by atoms with Gasteiger partial charge in [0, 0.05) is 5.69 Å². The van der Waals surface area contributed by atoms with Crippen molar-refractivity contribution in [3.05, 3.63) is 58.9 Å². The number of hydrogen-bond donors (Lipinski definition) is 1. The molecule has 0 saturated carbocycles. The van der Waals surface area contributed by atoms with Crippen LogP contribution in [0, 0.1) is 19.7 Å². The lowest BCUT2D eigenvalue weighted by atomic mass is 10.1. The fourth-order valence-electron chi connectivity index (χ4n) is 1.81. The van der Waals surface area contributed by atoms with Crippen molar-refractivity contribution in [2.75, 3.05) is 5.73 Å². The zero-order chi connectivity index (χ0) is 13.1. The first-order valence-electron chi connectivity index (χ1n) is 5.80. The number of nitrogen functional groups attached to an aromatic ring is 1. The Morgan fingerprint density at radius 2 is 1.83 bits per heavy atom. The summed E-state index contributed by atoms with van der Waals surface area (Å²) in [7, 11) is 0. The Bertz CT molecular complexity index is 515. The molecule has 0 aliphatic heterocycles. The lowest BCUT2D eigenvalue weighted by Gasteiger charge is -2.11. The summed E-state index contributed by atoms with van der Waals surface area (Å²) >= 11 is 0. The second kappa shape index (κ2) is 5.08. The van der Waals surface area contributed by atoms with E-state index in [4.69, 9.17) is 10.5 Å². The topological polar surface area (TPSA) is 35.2 Å².